The summed E-state index contributed by atoms with van der Waals surface area (Å²) >= 11 is 6.17. The van der Waals surface area contributed by atoms with Crippen molar-refractivity contribution in [3.8, 4) is 0 Å². The van der Waals surface area contributed by atoms with Gasteiger partial charge >= 0.3 is 5.97 Å². The van der Waals surface area contributed by atoms with Crippen molar-refractivity contribution in [2.45, 2.75) is 38.8 Å². The topological polar surface area (TPSA) is 40.5 Å². The molecule has 0 radical (unpaired) electrons. The monoisotopic (exact) mass is 269 g/mol. The summed E-state index contributed by atoms with van der Waals surface area (Å²) in [4.78, 5) is 12.9. The minimum atomic E-state index is -0.764. The van der Waals surface area contributed by atoms with Gasteiger partial charge in [0.15, 0.2) is 0 Å². The molecule has 1 N–H and O–H groups in total. The van der Waals surface area contributed by atoms with Gasteiger partial charge in [-0.25, -0.2) is 0 Å². The van der Waals surface area contributed by atoms with Gasteiger partial charge in [0, 0.05) is 17.1 Å². The maximum atomic E-state index is 10.8. The lowest BCUT2D eigenvalue weighted by Gasteiger charge is -2.32. The van der Waals surface area contributed by atoms with Crippen molar-refractivity contribution in [1.82, 2.24) is 4.90 Å². The summed E-state index contributed by atoms with van der Waals surface area (Å²) < 4.78 is 0. The van der Waals surface area contributed by atoms with Crippen LogP contribution in [0.5, 0.6) is 0 Å². The Morgan fingerprint density at radius 3 is 2.56 bits per heavy atom. The molecule has 100 valence electrons. The van der Waals surface area contributed by atoms with Gasteiger partial charge in [0.1, 0.15) is 0 Å². The van der Waals surface area contributed by atoms with E-state index in [1.165, 1.54) is 0 Å². The Morgan fingerprint density at radius 1 is 1.44 bits per heavy atom. The van der Waals surface area contributed by atoms with Crippen LogP contribution in [0.4, 0.5) is 0 Å². The maximum absolute atomic E-state index is 10.8. The molecule has 0 aliphatic rings. The molecule has 0 saturated carbocycles. The first-order chi connectivity index (χ1) is 8.47. The number of hydrogen-bond donors (Lipinski definition) is 1. The van der Waals surface area contributed by atoms with Gasteiger partial charge in [-0.3, -0.25) is 9.69 Å². The second-order valence-corrected chi connectivity index (χ2v) is 4.93. The molecule has 0 heterocycles. The highest BCUT2D eigenvalue weighted by atomic mass is 35.5. The van der Waals surface area contributed by atoms with Crippen LogP contribution in [-0.2, 0) is 4.79 Å². The molecular weight excluding hydrogens is 250 g/mol. The lowest BCUT2D eigenvalue weighted by Crippen LogP contribution is -2.35. The van der Waals surface area contributed by atoms with E-state index in [9.17, 15) is 4.79 Å². The highest BCUT2D eigenvalue weighted by molar-refractivity contribution is 6.31. The fourth-order valence-corrected chi connectivity index (χ4v) is 2.42. The molecule has 2 atom stereocenters. The SMILES string of the molecule is CCC(CC(=O)O)N(C)C(C)c1ccccc1Cl. The number of benzene rings is 1. The second-order valence-electron chi connectivity index (χ2n) is 4.52. The zero-order chi connectivity index (χ0) is 13.7. The summed E-state index contributed by atoms with van der Waals surface area (Å²) in [6.45, 7) is 4.05. The zero-order valence-electron chi connectivity index (χ0n) is 11.1. The molecule has 0 aliphatic heterocycles. The van der Waals surface area contributed by atoms with E-state index in [0.717, 1.165) is 17.0 Å². The Kier molecular flexibility index (Phi) is 5.63. The van der Waals surface area contributed by atoms with Gasteiger partial charge in [-0.2, -0.15) is 0 Å². The summed E-state index contributed by atoms with van der Waals surface area (Å²) in [5.41, 5.74) is 1.03. The molecule has 0 spiro atoms. The van der Waals surface area contributed by atoms with Gasteiger partial charge in [0.05, 0.1) is 6.42 Å². The number of rotatable bonds is 6. The number of halogens is 1. The van der Waals surface area contributed by atoms with Gasteiger partial charge < -0.3 is 5.11 Å². The summed E-state index contributed by atoms with van der Waals surface area (Å²) in [6, 6.07) is 7.81. The van der Waals surface area contributed by atoms with E-state index in [2.05, 4.69) is 4.90 Å². The third kappa shape index (κ3) is 3.72. The number of hydrogen-bond acceptors (Lipinski definition) is 2. The van der Waals surface area contributed by atoms with Gasteiger partial charge in [0.25, 0.3) is 0 Å². The minimum absolute atomic E-state index is 0.0220. The predicted octanol–water partition coefficient (Wildman–Crippen LogP) is 3.59. The van der Waals surface area contributed by atoms with Crippen molar-refractivity contribution >= 4 is 17.6 Å². The molecule has 0 saturated heterocycles. The van der Waals surface area contributed by atoms with E-state index >= 15 is 0 Å². The second kappa shape index (κ2) is 6.76. The molecule has 1 rings (SSSR count). The van der Waals surface area contributed by atoms with Crippen LogP contribution in [0.15, 0.2) is 24.3 Å². The Labute approximate surface area is 113 Å². The fourth-order valence-electron chi connectivity index (χ4n) is 2.13. The molecular formula is C14H20ClNO2. The molecule has 1 aromatic rings. The van der Waals surface area contributed by atoms with Gasteiger partial charge in [-0.1, -0.05) is 36.7 Å². The van der Waals surface area contributed by atoms with Crippen molar-refractivity contribution in [2.75, 3.05) is 7.05 Å². The third-order valence-corrected chi connectivity index (χ3v) is 3.77. The molecule has 1 aromatic carbocycles. The van der Waals surface area contributed by atoms with E-state index < -0.39 is 5.97 Å². The molecule has 0 bridgehead atoms. The molecule has 0 amide bonds. The molecule has 18 heavy (non-hydrogen) atoms. The standard InChI is InChI=1S/C14H20ClNO2/c1-4-11(9-14(17)18)16(3)10(2)12-7-5-6-8-13(12)15/h5-8,10-11H,4,9H2,1-3H3,(H,17,18). The lowest BCUT2D eigenvalue weighted by molar-refractivity contribution is -0.138. The largest absolute Gasteiger partial charge is 0.481 e. The van der Waals surface area contributed by atoms with Crippen molar-refractivity contribution in [3.05, 3.63) is 34.9 Å². The Morgan fingerprint density at radius 2 is 2.06 bits per heavy atom. The maximum Gasteiger partial charge on any atom is 0.304 e. The summed E-state index contributed by atoms with van der Waals surface area (Å²) in [5.74, 6) is -0.764. The average Bonchev–Trinajstić information content (AvgIpc) is 2.34. The number of carboxylic acids is 1. The first kappa shape index (κ1) is 15.0. The van der Waals surface area contributed by atoms with Crippen LogP contribution in [0.3, 0.4) is 0 Å². The van der Waals surface area contributed by atoms with Crippen molar-refractivity contribution in [1.29, 1.82) is 0 Å². The smallest absolute Gasteiger partial charge is 0.304 e. The van der Waals surface area contributed by atoms with Crippen LogP contribution in [0.1, 0.15) is 38.3 Å². The molecule has 0 aliphatic carbocycles. The first-order valence-electron chi connectivity index (χ1n) is 6.15. The molecule has 0 fully saturated rings. The van der Waals surface area contributed by atoms with Gasteiger partial charge in [0.2, 0.25) is 0 Å². The van der Waals surface area contributed by atoms with Crippen molar-refractivity contribution < 1.29 is 9.90 Å². The third-order valence-electron chi connectivity index (χ3n) is 3.42. The van der Waals surface area contributed by atoms with E-state index in [-0.39, 0.29) is 18.5 Å². The van der Waals surface area contributed by atoms with Crippen LogP contribution in [0, 0.1) is 0 Å². The number of carboxylic acid groups (broad SMARTS) is 1. The highest BCUT2D eigenvalue weighted by Gasteiger charge is 2.22. The minimum Gasteiger partial charge on any atom is -0.481 e. The predicted molar refractivity (Wildman–Crippen MR) is 74.0 cm³/mol. The van der Waals surface area contributed by atoms with Crippen molar-refractivity contribution in [2.24, 2.45) is 0 Å². The molecule has 2 unspecified atom stereocenters. The normalized spacial score (nSPS) is 14.5. The average molecular weight is 270 g/mol. The highest BCUT2D eigenvalue weighted by Crippen LogP contribution is 2.28. The summed E-state index contributed by atoms with van der Waals surface area (Å²) in [5, 5.41) is 9.64. The van der Waals surface area contributed by atoms with Crippen molar-refractivity contribution in [3.63, 3.8) is 0 Å². The Bertz CT molecular complexity index is 409. The molecule has 0 aromatic heterocycles. The summed E-state index contributed by atoms with van der Waals surface area (Å²) in [7, 11) is 1.95. The van der Waals surface area contributed by atoms with Crippen LogP contribution >= 0.6 is 11.6 Å². The van der Waals surface area contributed by atoms with E-state index in [1.54, 1.807) is 0 Å². The van der Waals surface area contributed by atoms with Crippen LogP contribution in [-0.4, -0.2) is 29.1 Å². The van der Waals surface area contributed by atoms with E-state index in [4.69, 9.17) is 16.7 Å². The number of aliphatic carboxylic acids is 1. The quantitative estimate of drug-likeness (QED) is 0.858. The van der Waals surface area contributed by atoms with Crippen LogP contribution in [0.2, 0.25) is 5.02 Å². The number of carbonyl (C=O) groups is 1. The molecule has 3 nitrogen and oxygen atoms in total. The van der Waals surface area contributed by atoms with E-state index in [1.807, 2.05) is 45.2 Å². The van der Waals surface area contributed by atoms with Gasteiger partial charge in [-0.05, 0) is 32.0 Å². The Balaban J connectivity index is 2.85. The number of nitrogens with zero attached hydrogens (tertiary/aromatic N) is 1. The van der Waals surface area contributed by atoms with Crippen LogP contribution < -0.4 is 0 Å². The molecule has 4 heteroatoms. The lowest BCUT2D eigenvalue weighted by atomic mass is 10.0. The Hall–Kier alpha value is -1.06. The van der Waals surface area contributed by atoms with Gasteiger partial charge in [-0.15, -0.1) is 0 Å². The van der Waals surface area contributed by atoms with E-state index in [0.29, 0.717) is 0 Å². The summed E-state index contributed by atoms with van der Waals surface area (Å²) in [6.07, 6.45) is 0.958. The fraction of sp³-hybridized carbons (Fsp3) is 0.500. The van der Waals surface area contributed by atoms with Crippen LogP contribution in [0.25, 0.3) is 0 Å². The zero-order valence-corrected chi connectivity index (χ0v) is 11.8. The first-order valence-corrected chi connectivity index (χ1v) is 6.53.